The first-order chi connectivity index (χ1) is 9.24. The van der Waals surface area contributed by atoms with Crippen LogP contribution in [0.15, 0.2) is 22.4 Å². The highest BCUT2D eigenvalue weighted by molar-refractivity contribution is 6.32. The molecule has 1 saturated heterocycles. The Labute approximate surface area is 131 Å². The SMILES string of the molecule is CC.CC1=C(Cl)/C(=C/N2CCCC2)C(C)(C)CC1(C)C. The summed E-state index contributed by atoms with van der Waals surface area (Å²) in [5.74, 6) is 0. The monoisotopic (exact) mass is 297 g/mol. The van der Waals surface area contributed by atoms with Gasteiger partial charge < -0.3 is 4.90 Å². The van der Waals surface area contributed by atoms with Gasteiger partial charge in [-0.2, -0.15) is 0 Å². The summed E-state index contributed by atoms with van der Waals surface area (Å²) in [4.78, 5) is 2.44. The minimum atomic E-state index is 0.169. The third-order valence-corrected chi connectivity index (χ3v) is 5.13. The molecule has 20 heavy (non-hydrogen) atoms. The molecule has 0 aromatic carbocycles. The predicted molar refractivity (Wildman–Crippen MR) is 91.0 cm³/mol. The molecule has 0 amide bonds. The molecule has 0 atom stereocenters. The van der Waals surface area contributed by atoms with E-state index in [0.29, 0.717) is 0 Å². The van der Waals surface area contributed by atoms with Gasteiger partial charge in [-0.3, -0.25) is 0 Å². The van der Waals surface area contributed by atoms with Gasteiger partial charge in [0.2, 0.25) is 0 Å². The zero-order chi connectivity index (χ0) is 15.6. The van der Waals surface area contributed by atoms with E-state index in [1.165, 1.54) is 43.5 Å². The van der Waals surface area contributed by atoms with Gasteiger partial charge in [0.1, 0.15) is 0 Å². The summed E-state index contributed by atoms with van der Waals surface area (Å²) in [6, 6.07) is 0. The first-order valence-corrected chi connectivity index (χ1v) is 8.45. The molecule has 1 aliphatic carbocycles. The van der Waals surface area contributed by atoms with Crippen LogP contribution >= 0.6 is 11.6 Å². The molecule has 0 aromatic rings. The van der Waals surface area contributed by atoms with Gasteiger partial charge in [-0.25, -0.2) is 0 Å². The fraction of sp³-hybridized carbons (Fsp3) is 0.778. The molecule has 0 N–H and O–H groups in total. The van der Waals surface area contributed by atoms with Crippen molar-refractivity contribution in [3.05, 3.63) is 22.4 Å². The van der Waals surface area contributed by atoms with Gasteiger partial charge in [0, 0.05) is 24.3 Å². The number of allylic oxidation sites excluding steroid dienone is 3. The van der Waals surface area contributed by atoms with Crippen LogP contribution in [0.3, 0.4) is 0 Å². The lowest BCUT2D eigenvalue weighted by molar-refractivity contribution is 0.250. The van der Waals surface area contributed by atoms with Crippen LogP contribution in [0.2, 0.25) is 0 Å². The highest BCUT2D eigenvalue weighted by Gasteiger charge is 2.40. The summed E-state index contributed by atoms with van der Waals surface area (Å²) in [7, 11) is 0. The largest absolute Gasteiger partial charge is 0.377 e. The molecule has 2 rings (SSSR count). The maximum Gasteiger partial charge on any atom is 0.0452 e. The molecule has 0 radical (unpaired) electrons. The maximum absolute atomic E-state index is 6.67. The van der Waals surface area contributed by atoms with Gasteiger partial charge in [0.25, 0.3) is 0 Å². The van der Waals surface area contributed by atoms with Crippen LogP contribution < -0.4 is 0 Å². The average molecular weight is 298 g/mol. The summed E-state index contributed by atoms with van der Waals surface area (Å²) in [5.41, 5.74) is 3.06. The summed E-state index contributed by atoms with van der Waals surface area (Å²) in [5, 5.41) is 1.00. The molecule has 1 fully saturated rings. The van der Waals surface area contributed by atoms with Gasteiger partial charge >= 0.3 is 0 Å². The minimum Gasteiger partial charge on any atom is -0.377 e. The van der Waals surface area contributed by atoms with E-state index >= 15 is 0 Å². The number of likely N-dealkylation sites (tertiary alicyclic amines) is 1. The van der Waals surface area contributed by atoms with Crippen molar-refractivity contribution in [2.75, 3.05) is 13.1 Å². The number of rotatable bonds is 1. The average Bonchev–Trinajstić information content (AvgIpc) is 2.87. The van der Waals surface area contributed by atoms with Crippen LogP contribution in [0, 0.1) is 10.8 Å². The first-order valence-electron chi connectivity index (χ1n) is 8.08. The Morgan fingerprint density at radius 2 is 1.50 bits per heavy atom. The molecule has 1 aliphatic heterocycles. The number of halogens is 1. The summed E-state index contributed by atoms with van der Waals surface area (Å²) in [6.45, 7) is 17.8. The van der Waals surface area contributed by atoms with E-state index in [1.807, 2.05) is 13.8 Å². The Bertz CT molecular complexity index is 396. The van der Waals surface area contributed by atoms with E-state index in [9.17, 15) is 0 Å². The fourth-order valence-corrected chi connectivity index (χ4v) is 3.97. The Morgan fingerprint density at radius 1 is 1.00 bits per heavy atom. The van der Waals surface area contributed by atoms with Crippen molar-refractivity contribution < 1.29 is 0 Å². The molecular weight excluding hydrogens is 266 g/mol. The molecule has 0 saturated carbocycles. The number of hydrogen-bond acceptors (Lipinski definition) is 1. The molecule has 116 valence electrons. The van der Waals surface area contributed by atoms with E-state index in [-0.39, 0.29) is 10.8 Å². The Hall–Kier alpha value is -0.430. The van der Waals surface area contributed by atoms with E-state index < -0.39 is 0 Å². The maximum atomic E-state index is 6.67. The van der Waals surface area contributed by atoms with E-state index in [4.69, 9.17) is 11.6 Å². The molecule has 0 bridgehead atoms. The summed E-state index contributed by atoms with van der Waals surface area (Å²) in [6.07, 6.45) is 6.13. The Balaban J connectivity index is 0.000000956. The van der Waals surface area contributed by atoms with Crippen molar-refractivity contribution in [3.63, 3.8) is 0 Å². The van der Waals surface area contributed by atoms with Crippen LogP contribution in [0.4, 0.5) is 0 Å². The lowest BCUT2D eigenvalue weighted by Gasteiger charge is -2.43. The molecular formula is C18H32ClN. The third kappa shape index (κ3) is 3.61. The molecule has 2 heteroatoms. The lowest BCUT2D eigenvalue weighted by Crippen LogP contribution is -2.32. The van der Waals surface area contributed by atoms with Gasteiger partial charge in [0.05, 0.1) is 0 Å². The quantitative estimate of drug-likeness (QED) is 0.577. The number of hydrogen-bond donors (Lipinski definition) is 0. The van der Waals surface area contributed by atoms with Crippen molar-refractivity contribution >= 4 is 11.6 Å². The lowest BCUT2D eigenvalue weighted by atomic mass is 9.63. The zero-order valence-electron chi connectivity index (χ0n) is 14.4. The van der Waals surface area contributed by atoms with Crippen molar-refractivity contribution in [1.82, 2.24) is 4.90 Å². The van der Waals surface area contributed by atoms with Crippen LogP contribution in [0.1, 0.15) is 67.7 Å². The molecule has 0 spiro atoms. The third-order valence-electron chi connectivity index (χ3n) is 4.65. The molecule has 0 aromatic heterocycles. The second kappa shape index (κ2) is 6.56. The van der Waals surface area contributed by atoms with Gasteiger partial charge in [-0.05, 0) is 48.2 Å². The second-order valence-corrected chi connectivity index (χ2v) is 7.55. The van der Waals surface area contributed by atoms with Crippen molar-refractivity contribution in [1.29, 1.82) is 0 Å². The molecule has 1 heterocycles. The van der Waals surface area contributed by atoms with E-state index in [0.717, 1.165) is 5.03 Å². The standard InChI is InChI=1S/C16H26ClN.C2H6/c1-12-14(17)13(10-18-8-6-7-9-18)16(4,5)11-15(12,2)3;1-2/h10H,6-9,11H2,1-5H3;1-2H3/b13-10-;. The first kappa shape index (κ1) is 17.6. The number of nitrogens with zero attached hydrogens (tertiary/aromatic N) is 1. The fourth-order valence-electron chi connectivity index (χ4n) is 3.41. The zero-order valence-corrected chi connectivity index (χ0v) is 15.2. The second-order valence-electron chi connectivity index (χ2n) is 7.17. The Morgan fingerprint density at radius 3 is 2.00 bits per heavy atom. The predicted octanol–water partition coefficient (Wildman–Crippen LogP) is 5.96. The summed E-state index contributed by atoms with van der Waals surface area (Å²) < 4.78 is 0. The van der Waals surface area contributed by atoms with Crippen molar-refractivity contribution in [2.45, 2.75) is 67.7 Å². The smallest absolute Gasteiger partial charge is 0.0452 e. The van der Waals surface area contributed by atoms with E-state index in [2.05, 4.69) is 45.7 Å². The highest BCUT2D eigenvalue weighted by Crippen LogP contribution is 2.53. The minimum absolute atomic E-state index is 0.169. The van der Waals surface area contributed by atoms with Crippen LogP contribution in [0.25, 0.3) is 0 Å². The van der Waals surface area contributed by atoms with Crippen molar-refractivity contribution in [3.8, 4) is 0 Å². The van der Waals surface area contributed by atoms with Crippen LogP contribution in [-0.2, 0) is 0 Å². The van der Waals surface area contributed by atoms with Crippen molar-refractivity contribution in [2.24, 2.45) is 10.8 Å². The van der Waals surface area contributed by atoms with Crippen LogP contribution in [0.5, 0.6) is 0 Å². The molecule has 2 aliphatic rings. The summed E-state index contributed by atoms with van der Waals surface area (Å²) >= 11 is 6.67. The molecule has 1 nitrogen and oxygen atoms in total. The van der Waals surface area contributed by atoms with Gasteiger partial charge in [0.15, 0.2) is 0 Å². The van der Waals surface area contributed by atoms with Gasteiger partial charge in [-0.15, -0.1) is 0 Å². The highest BCUT2D eigenvalue weighted by atomic mass is 35.5. The normalized spacial score (nSPS) is 26.6. The van der Waals surface area contributed by atoms with Crippen LogP contribution in [-0.4, -0.2) is 18.0 Å². The van der Waals surface area contributed by atoms with Gasteiger partial charge in [-0.1, -0.05) is 53.1 Å². The molecule has 0 unspecified atom stereocenters. The Kier molecular flexibility index (Phi) is 5.78. The topological polar surface area (TPSA) is 3.24 Å². The van der Waals surface area contributed by atoms with E-state index in [1.54, 1.807) is 0 Å².